The molecule has 2 rings (SSSR count). The summed E-state index contributed by atoms with van der Waals surface area (Å²) < 4.78 is 1.90. The highest BCUT2D eigenvalue weighted by Crippen LogP contribution is 2.16. The Morgan fingerprint density at radius 1 is 1.08 bits per heavy atom. The lowest BCUT2D eigenvalue weighted by Crippen LogP contribution is -2.01. The number of imidazole rings is 1. The average molecular weight is 175 g/mol. The predicted molar refractivity (Wildman–Crippen MR) is 51.9 cm³/mol. The molecule has 3 nitrogen and oxygen atoms in total. The summed E-state index contributed by atoms with van der Waals surface area (Å²) in [6.45, 7) is 8.20. The van der Waals surface area contributed by atoms with Crippen LogP contribution in [0, 0.1) is 27.7 Å². The van der Waals surface area contributed by atoms with E-state index in [0.29, 0.717) is 0 Å². The Morgan fingerprint density at radius 2 is 1.77 bits per heavy atom. The fourth-order valence-corrected chi connectivity index (χ4v) is 1.51. The van der Waals surface area contributed by atoms with Gasteiger partial charge in [0.05, 0.1) is 17.4 Å². The first-order valence-corrected chi connectivity index (χ1v) is 4.39. The lowest BCUT2D eigenvalue weighted by molar-refractivity contribution is 0.838. The first-order valence-electron chi connectivity index (χ1n) is 4.39. The van der Waals surface area contributed by atoms with Crippen LogP contribution in [0.1, 0.15) is 22.6 Å². The highest BCUT2D eigenvalue weighted by molar-refractivity contribution is 5.56. The van der Waals surface area contributed by atoms with Crippen LogP contribution in [0.25, 0.3) is 5.52 Å². The number of aryl methyl sites for hydroxylation is 3. The Morgan fingerprint density at radius 3 is 2.46 bits per heavy atom. The molecule has 0 fully saturated rings. The van der Waals surface area contributed by atoms with Crippen molar-refractivity contribution in [3.8, 4) is 0 Å². The number of aromatic nitrogens is 3. The van der Waals surface area contributed by atoms with Gasteiger partial charge in [-0.05, 0) is 38.8 Å². The van der Waals surface area contributed by atoms with E-state index in [1.54, 1.807) is 0 Å². The summed E-state index contributed by atoms with van der Waals surface area (Å²) in [5.41, 5.74) is 4.72. The second-order valence-corrected chi connectivity index (χ2v) is 3.44. The van der Waals surface area contributed by atoms with Crippen molar-refractivity contribution in [2.45, 2.75) is 27.7 Å². The Hall–Kier alpha value is -1.38. The molecular formula is C10H13N3. The van der Waals surface area contributed by atoms with Crippen LogP contribution in [0.4, 0.5) is 0 Å². The standard InChI is InChI=1S/C10H13N3/c1-6-7(2)10-5-11-9(4)13(10)12-8(6)3/h5H,1-4H3. The maximum Gasteiger partial charge on any atom is 0.127 e. The van der Waals surface area contributed by atoms with Crippen molar-refractivity contribution in [1.29, 1.82) is 0 Å². The van der Waals surface area contributed by atoms with Gasteiger partial charge in [-0.1, -0.05) is 0 Å². The molecule has 0 amide bonds. The third-order valence-corrected chi connectivity index (χ3v) is 2.65. The summed E-state index contributed by atoms with van der Waals surface area (Å²) in [5.74, 6) is 0.946. The molecule has 0 atom stereocenters. The van der Waals surface area contributed by atoms with E-state index in [2.05, 4.69) is 23.9 Å². The van der Waals surface area contributed by atoms with E-state index in [0.717, 1.165) is 17.0 Å². The number of fused-ring (bicyclic) bond motifs is 1. The zero-order valence-corrected chi connectivity index (χ0v) is 8.42. The number of hydrogen-bond donors (Lipinski definition) is 0. The van der Waals surface area contributed by atoms with Gasteiger partial charge in [-0.2, -0.15) is 5.10 Å². The van der Waals surface area contributed by atoms with Crippen molar-refractivity contribution in [2.24, 2.45) is 0 Å². The third-order valence-electron chi connectivity index (χ3n) is 2.65. The fourth-order valence-electron chi connectivity index (χ4n) is 1.51. The topological polar surface area (TPSA) is 30.2 Å². The molecule has 13 heavy (non-hydrogen) atoms. The van der Waals surface area contributed by atoms with E-state index in [-0.39, 0.29) is 0 Å². The van der Waals surface area contributed by atoms with Gasteiger partial charge in [0.25, 0.3) is 0 Å². The Balaban J connectivity index is 2.96. The van der Waals surface area contributed by atoms with Gasteiger partial charge in [0.1, 0.15) is 5.82 Å². The van der Waals surface area contributed by atoms with Crippen LogP contribution >= 0.6 is 0 Å². The maximum absolute atomic E-state index is 4.45. The molecule has 68 valence electrons. The average Bonchev–Trinajstić information content (AvgIpc) is 2.45. The van der Waals surface area contributed by atoms with E-state index in [1.165, 1.54) is 11.1 Å². The highest BCUT2D eigenvalue weighted by atomic mass is 15.3. The molecule has 3 heteroatoms. The molecule has 2 heterocycles. The van der Waals surface area contributed by atoms with Crippen molar-refractivity contribution in [2.75, 3.05) is 0 Å². The van der Waals surface area contributed by atoms with Crippen LogP contribution in [-0.2, 0) is 0 Å². The molecule has 0 aliphatic rings. The van der Waals surface area contributed by atoms with Gasteiger partial charge in [-0.3, -0.25) is 0 Å². The zero-order valence-electron chi connectivity index (χ0n) is 8.42. The van der Waals surface area contributed by atoms with Gasteiger partial charge in [0.15, 0.2) is 0 Å². The van der Waals surface area contributed by atoms with Crippen LogP contribution < -0.4 is 0 Å². The first-order chi connectivity index (χ1) is 6.11. The van der Waals surface area contributed by atoms with Crippen molar-refractivity contribution in [3.63, 3.8) is 0 Å². The molecule has 2 aromatic rings. The quantitative estimate of drug-likeness (QED) is 0.612. The monoisotopic (exact) mass is 175 g/mol. The van der Waals surface area contributed by atoms with E-state index < -0.39 is 0 Å². The predicted octanol–water partition coefficient (Wildman–Crippen LogP) is 1.96. The molecule has 0 aliphatic carbocycles. The van der Waals surface area contributed by atoms with Gasteiger partial charge >= 0.3 is 0 Å². The lowest BCUT2D eigenvalue weighted by atomic mass is 10.1. The van der Waals surface area contributed by atoms with Gasteiger partial charge in [-0.25, -0.2) is 9.50 Å². The molecule has 0 saturated heterocycles. The summed E-state index contributed by atoms with van der Waals surface area (Å²) in [4.78, 5) is 4.24. The van der Waals surface area contributed by atoms with Crippen molar-refractivity contribution < 1.29 is 0 Å². The molecule has 2 aromatic heterocycles. The van der Waals surface area contributed by atoms with E-state index in [9.17, 15) is 0 Å². The third kappa shape index (κ3) is 1.03. The van der Waals surface area contributed by atoms with E-state index in [1.807, 2.05) is 24.6 Å². The van der Waals surface area contributed by atoms with Crippen LogP contribution in [-0.4, -0.2) is 14.6 Å². The van der Waals surface area contributed by atoms with Crippen LogP contribution in [0.15, 0.2) is 6.20 Å². The highest BCUT2D eigenvalue weighted by Gasteiger charge is 2.07. The van der Waals surface area contributed by atoms with Crippen molar-refractivity contribution in [3.05, 3.63) is 28.8 Å². The zero-order chi connectivity index (χ0) is 9.59. The molecular weight excluding hydrogens is 162 g/mol. The van der Waals surface area contributed by atoms with Gasteiger partial charge in [-0.15, -0.1) is 0 Å². The second kappa shape index (κ2) is 2.55. The minimum atomic E-state index is 0.946. The summed E-state index contributed by atoms with van der Waals surface area (Å²) in [6, 6.07) is 0. The first kappa shape index (κ1) is 8.23. The van der Waals surface area contributed by atoms with Crippen LogP contribution in [0.2, 0.25) is 0 Å². The number of hydrogen-bond acceptors (Lipinski definition) is 2. The number of nitrogens with zero attached hydrogens (tertiary/aromatic N) is 3. The summed E-state index contributed by atoms with van der Waals surface area (Å²) in [5, 5.41) is 4.45. The summed E-state index contributed by atoms with van der Waals surface area (Å²) in [6.07, 6.45) is 1.88. The number of rotatable bonds is 0. The minimum Gasteiger partial charge on any atom is -0.239 e. The molecule has 0 bridgehead atoms. The summed E-state index contributed by atoms with van der Waals surface area (Å²) >= 11 is 0. The second-order valence-electron chi connectivity index (χ2n) is 3.44. The molecule has 0 radical (unpaired) electrons. The van der Waals surface area contributed by atoms with Gasteiger partial charge in [0, 0.05) is 0 Å². The SMILES string of the molecule is Cc1nn2c(C)ncc2c(C)c1C. The van der Waals surface area contributed by atoms with E-state index in [4.69, 9.17) is 0 Å². The minimum absolute atomic E-state index is 0.946. The lowest BCUT2D eigenvalue weighted by Gasteiger charge is -2.06. The fraction of sp³-hybridized carbons (Fsp3) is 0.400. The van der Waals surface area contributed by atoms with E-state index >= 15 is 0 Å². The Labute approximate surface area is 77.4 Å². The van der Waals surface area contributed by atoms with Crippen molar-refractivity contribution in [1.82, 2.24) is 14.6 Å². The largest absolute Gasteiger partial charge is 0.239 e. The molecule has 0 aromatic carbocycles. The maximum atomic E-state index is 4.45. The molecule has 0 unspecified atom stereocenters. The van der Waals surface area contributed by atoms with Crippen LogP contribution in [0.5, 0.6) is 0 Å². The molecule has 0 N–H and O–H groups in total. The van der Waals surface area contributed by atoms with Crippen LogP contribution in [0.3, 0.4) is 0 Å². The van der Waals surface area contributed by atoms with Crippen molar-refractivity contribution >= 4 is 5.52 Å². The van der Waals surface area contributed by atoms with Gasteiger partial charge < -0.3 is 0 Å². The smallest absolute Gasteiger partial charge is 0.127 e. The Bertz CT molecular complexity index is 468. The molecule has 0 spiro atoms. The normalized spacial score (nSPS) is 11.1. The summed E-state index contributed by atoms with van der Waals surface area (Å²) in [7, 11) is 0. The Kier molecular flexibility index (Phi) is 1.62. The molecule has 0 aliphatic heterocycles. The molecule has 0 saturated carbocycles. The van der Waals surface area contributed by atoms with Gasteiger partial charge in [0.2, 0.25) is 0 Å².